The average molecular weight is 432 g/mol. The number of nitrogens with two attached hydrogens (primary N) is 1. The number of aromatic nitrogens is 1. The van der Waals surface area contributed by atoms with E-state index in [1.54, 1.807) is 11.3 Å². The third-order valence-electron chi connectivity index (χ3n) is 5.22. The molecule has 3 N–H and O–H groups in total. The van der Waals surface area contributed by atoms with Crippen molar-refractivity contribution in [2.45, 2.75) is 67.6 Å². The number of nitrogens with zero attached hydrogens (tertiary/aromatic N) is 1. The summed E-state index contributed by atoms with van der Waals surface area (Å²) in [5, 5.41) is 4.70. The van der Waals surface area contributed by atoms with E-state index in [1.165, 1.54) is 30.2 Å². The second-order valence-electron chi connectivity index (χ2n) is 7.68. The van der Waals surface area contributed by atoms with Gasteiger partial charge in [0.15, 0.2) is 0 Å². The molecule has 8 heteroatoms. The van der Waals surface area contributed by atoms with E-state index in [0.717, 1.165) is 41.3 Å². The van der Waals surface area contributed by atoms with Crippen molar-refractivity contribution in [3.05, 3.63) is 29.4 Å². The predicted molar refractivity (Wildman–Crippen MR) is 116 cm³/mol. The molecule has 0 aliphatic heterocycles. The number of nitrogens with one attached hydrogen (secondary N) is 1. The minimum atomic E-state index is -0.687. The third kappa shape index (κ3) is 5.30. The number of hydrogen-bond acceptors (Lipinski definition) is 6. The molecule has 2 aliphatic rings. The number of thiazole rings is 1. The summed E-state index contributed by atoms with van der Waals surface area (Å²) in [5.74, 6) is 0.343. The van der Waals surface area contributed by atoms with Gasteiger partial charge in [-0.05, 0) is 50.7 Å². The molecule has 2 aliphatic carbocycles. The Labute approximate surface area is 178 Å². The molecule has 2 aromatic rings. The fourth-order valence-electron chi connectivity index (χ4n) is 3.66. The molecule has 2 fully saturated rings. The Morgan fingerprint density at radius 1 is 1.21 bits per heavy atom. The van der Waals surface area contributed by atoms with Crippen LogP contribution in [0.3, 0.4) is 0 Å². The first-order valence-electron chi connectivity index (χ1n) is 9.98. The summed E-state index contributed by atoms with van der Waals surface area (Å²) >= 11 is 3.64. The molecule has 4 rings (SSSR count). The molecule has 0 radical (unpaired) electrons. The van der Waals surface area contributed by atoms with Gasteiger partial charge in [0, 0.05) is 40.4 Å². The van der Waals surface area contributed by atoms with Crippen LogP contribution in [0.4, 0.5) is 10.5 Å². The van der Waals surface area contributed by atoms with E-state index in [9.17, 15) is 9.59 Å². The molecule has 0 atom stereocenters. The predicted octanol–water partition coefficient (Wildman–Crippen LogP) is 5.14. The quantitative estimate of drug-likeness (QED) is 0.660. The molecule has 0 spiro atoms. The fraction of sp³-hybridized carbons (Fsp3) is 0.476. The van der Waals surface area contributed by atoms with Crippen molar-refractivity contribution >= 4 is 40.8 Å². The van der Waals surface area contributed by atoms with E-state index in [4.69, 9.17) is 15.5 Å². The summed E-state index contributed by atoms with van der Waals surface area (Å²) in [6, 6.07) is 6.12. The summed E-state index contributed by atoms with van der Waals surface area (Å²) in [4.78, 5) is 29.4. The molecular weight excluding hydrogens is 406 g/mol. The zero-order chi connectivity index (χ0) is 20.4. The SMILES string of the molecule is CC(=O)Nc1ccc(-c2cnc(C3CCC(OC(N)=O)CC3)s2)c(SC2CC2)c1. The number of carbonyl (C=O) groups is 2. The van der Waals surface area contributed by atoms with Gasteiger partial charge in [-0.15, -0.1) is 23.1 Å². The first-order chi connectivity index (χ1) is 14.0. The molecule has 29 heavy (non-hydrogen) atoms. The molecule has 0 unspecified atom stereocenters. The van der Waals surface area contributed by atoms with Gasteiger partial charge in [0.25, 0.3) is 0 Å². The molecule has 0 saturated heterocycles. The van der Waals surface area contributed by atoms with Crippen molar-refractivity contribution in [2.24, 2.45) is 5.73 Å². The van der Waals surface area contributed by atoms with Crippen LogP contribution in [0.25, 0.3) is 10.4 Å². The Bertz CT molecular complexity index is 902. The molecule has 154 valence electrons. The summed E-state index contributed by atoms with van der Waals surface area (Å²) in [5.41, 5.74) is 7.15. The Morgan fingerprint density at radius 2 is 1.97 bits per heavy atom. The van der Waals surface area contributed by atoms with Crippen molar-refractivity contribution < 1.29 is 14.3 Å². The van der Waals surface area contributed by atoms with Crippen LogP contribution in [-0.4, -0.2) is 28.3 Å². The number of amides is 2. The van der Waals surface area contributed by atoms with Crippen molar-refractivity contribution in [2.75, 3.05) is 5.32 Å². The van der Waals surface area contributed by atoms with Crippen LogP contribution in [0, 0.1) is 0 Å². The van der Waals surface area contributed by atoms with Crippen molar-refractivity contribution in [1.29, 1.82) is 0 Å². The number of thioether (sulfide) groups is 1. The van der Waals surface area contributed by atoms with Crippen LogP contribution >= 0.6 is 23.1 Å². The molecule has 1 heterocycles. The average Bonchev–Trinajstić information content (AvgIpc) is 3.35. The normalized spacial score (nSPS) is 21.6. The Morgan fingerprint density at radius 3 is 2.62 bits per heavy atom. The van der Waals surface area contributed by atoms with Crippen LogP contribution in [-0.2, 0) is 9.53 Å². The van der Waals surface area contributed by atoms with Gasteiger partial charge >= 0.3 is 6.09 Å². The molecular formula is C21H25N3O3S2. The first-order valence-corrected chi connectivity index (χ1v) is 11.7. The second kappa shape index (κ2) is 8.75. The van der Waals surface area contributed by atoms with Gasteiger partial charge in [-0.3, -0.25) is 4.79 Å². The van der Waals surface area contributed by atoms with Crippen LogP contribution in [0.2, 0.25) is 0 Å². The lowest BCUT2D eigenvalue weighted by atomic mass is 9.88. The molecule has 0 bridgehead atoms. The largest absolute Gasteiger partial charge is 0.446 e. The number of ether oxygens (including phenoxy) is 1. The van der Waals surface area contributed by atoms with E-state index in [1.807, 2.05) is 24.0 Å². The van der Waals surface area contributed by atoms with Crippen molar-refractivity contribution in [1.82, 2.24) is 4.98 Å². The monoisotopic (exact) mass is 431 g/mol. The Hall–Kier alpha value is -2.06. The third-order valence-corrected chi connectivity index (χ3v) is 7.80. The number of hydrogen-bond donors (Lipinski definition) is 2. The van der Waals surface area contributed by atoms with Gasteiger partial charge in [0.05, 0.1) is 9.88 Å². The zero-order valence-corrected chi connectivity index (χ0v) is 18.0. The minimum absolute atomic E-state index is 0.0592. The lowest BCUT2D eigenvalue weighted by Crippen LogP contribution is -2.26. The van der Waals surface area contributed by atoms with E-state index in [-0.39, 0.29) is 12.0 Å². The molecule has 1 aromatic heterocycles. The van der Waals surface area contributed by atoms with Gasteiger partial charge in [0.1, 0.15) is 6.10 Å². The smallest absolute Gasteiger partial charge is 0.404 e. The summed E-state index contributed by atoms with van der Waals surface area (Å²) in [6.45, 7) is 1.53. The highest BCUT2D eigenvalue weighted by molar-refractivity contribution is 8.00. The van der Waals surface area contributed by atoms with Crippen LogP contribution in [0.5, 0.6) is 0 Å². The first kappa shape index (κ1) is 20.2. The number of rotatable bonds is 6. The maximum atomic E-state index is 11.4. The van der Waals surface area contributed by atoms with Crippen LogP contribution < -0.4 is 11.1 Å². The highest BCUT2D eigenvalue weighted by atomic mass is 32.2. The molecule has 2 saturated carbocycles. The number of benzene rings is 1. The highest BCUT2D eigenvalue weighted by Gasteiger charge is 2.27. The van der Waals surface area contributed by atoms with E-state index >= 15 is 0 Å². The Kier molecular flexibility index (Phi) is 6.10. The van der Waals surface area contributed by atoms with Gasteiger partial charge < -0.3 is 15.8 Å². The highest BCUT2D eigenvalue weighted by Crippen LogP contribution is 2.46. The zero-order valence-electron chi connectivity index (χ0n) is 16.3. The van der Waals surface area contributed by atoms with Gasteiger partial charge in [-0.25, -0.2) is 9.78 Å². The molecule has 6 nitrogen and oxygen atoms in total. The minimum Gasteiger partial charge on any atom is -0.446 e. The lowest BCUT2D eigenvalue weighted by molar-refractivity contribution is -0.114. The maximum absolute atomic E-state index is 11.4. The summed E-state index contributed by atoms with van der Waals surface area (Å²) in [7, 11) is 0. The second-order valence-corrected chi connectivity index (χ2v) is 10.1. The van der Waals surface area contributed by atoms with Crippen LogP contribution in [0.15, 0.2) is 29.3 Å². The maximum Gasteiger partial charge on any atom is 0.404 e. The van der Waals surface area contributed by atoms with Crippen molar-refractivity contribution in [3.63, 3.8) is 0 Å². The lowest BCUT2D eigenvalue weighted by Gasteiger charge is -2.26. The van der Waals surface area contributed by atoms with Gasteiger partial charge in [0.2, 0.25) is 5.91 Å². The van der Waals surface area contributed by atoms with E-state index < -0.39 is 6.09 Å². The number of primary amides is 1. The standard InChI is InChI=1S/C21H25N3O3S2/c1-12(25)24-14-4-9-17(18(10-14)28-16-7-8-16)19-11-23-20(29-19)13-2-5-15(6-3-13)27-21(22)26/h4,9-11,13,15-16H,2-3,5-8H2,1H3,(H2,22,26)(H,24,25). The molecule has 2 amide bonds. The topological polar surface area (TPSA) is 94.3 Å². The van der Waals surface area contributed by atoms with Crippen LogP contribution in [0.1, 0.15) is 56.4 Å². The Balaban J connectivity index is 1.50. The fourth-order valence-corrected chi connectivity index (χ4v) is 6.08. The van der Waals surface area contributed by atoms with Crippen molar-refractivity contribution in [3.8, 4) is 10.4 Å². The van der Waals surface area contributed by atoms with Gasteiger partial charge in [-0.1, -0.05) is 6.07 Å². The summed E-state index contributed by atoms with van der Waals surface area (Å²) < 4.78 is 5.14. The number of anilines is 1. The molecule has 1 aromatic carbocycles. The summed E-state index contributed by atoms with van der Waals surface area (Å²) in [6.07, 6.45) is 7.29. The number of carbonyl (C=O) groups excluding carboxylic acids is 2. The van der Waals surface area contributed by atoms with E-state index in [2.05, 4.69) is 17.4 Å². The van der Waals surface area contributed by atoms with E-state index in [0.29, 0.717) is 11.2 Å². The van der Waals surface area contributed by atoms with Gasteiger partial charge in [-0.2, -0.15) is 0 Å².